The highest BCUT2D eigenvalue weighted by Gasteiger charge is 2.14. The largest absolute Gasteiger partial charge is 0.493 e. The summed E-state index contributed by atoms with van der Waals surface area (Å²) in [6.45, 7) is 4.69. The summed E-state index contributed by atoms with van der Waals surface area (Å²) in [4.78, 5) is 25.5. The number of aryl methyl sites for hydroxylation is 2. The molecule has 0 bridgehead atoms. The molecule has 1 amide bonds. The van der Waals surface area contributed by atoms with E-state index in [1.165, 1.54) is 0 Å². The number of fused-ring (bicyclic) bond motifs is 1. The van der Waals surface area contributed by atoms with Gasteiger partial charge in [-0.1, -0.05) is 12.1 Å². The van der Waals surface area contributed by atoms with E-state index in [1.54, 1.807) is 31.5 Å². The second-order valence-corrected chi connectivity index (χ2v) is 7.20. The van der Waals surface area contributed by atoms with Crippen LogP contribution in [0.3, 0.4) is 0 Å². The summed E-state index contributed by atoms with van der Waals surface area (Å²) in [6, 6.07) is 12.9. The molecule has 9 heteroatoms. The van der Waals surface area contributed by atoms with E-state index >= 15 is 0 Å². The summed E-state index contributed by atoms with van der Waals surface area (Å²) in [5, 5.41) is 10.0. The lowest BCUT2D eigenvalue weighted by Crippen LogP contribution is -2.28. The molecule has 32 heavy (non-hydrogen) atoms. The van der Waals surface area contributed by atoms with Crippen molar-refractivity contribution in [3.8, 4) is 5.75 Å². The molecule has 0 aliphatic heterocycles. The number of carbonyl (C=O) groups is 1. The zero-order valence-electron chi connectivity index (χ0n) is 18.1. The normalized spacial score (nSPS) is 10.7. The molecule has 164 valence electrons. The Kier molecular flexibility index (Phi) is 6.16. The van der Waals surface area contributed by atoms with Gasteiger partial charge < -0.3 is 25.1 Å². The number of ether oxygens (including phenoxy) is 1. The average molecular weight is 432 g/mol. The molecule has 0 aliphatic carbocycles. The number of hydrogen-bond acceptors (Lipinski definition) is 8. The van der Waals surface area contributed by atoms with Crippen molar-refractivity contribution in [1.29, 1.82) is 0 Å². The number of furan rings is 1. The maximum absolute atomic E-state index is 12.4. The summed E-state index contributed by atoms with van der Waals surface area (Å²) >= 11 is 0. The van der Waals surface area contributed by atoms with Crippen molar-refractivity contribution < 1.29 is 13.9 Å². The standard InChI is InChI=1S/C23H24N6O3/c1-14-7-8-24-19(11-14)29-21-13-20(27-15(2)28-21)25-9-10-26-23(30)18-12-16-5-4-6-17(31-3)22(16)32-18/h4-8,11-13H,9-10H2,1-3H3,(H,26,30)(H2,24,25,27,28,29). The number of benzene rings is 1. The number of para-hydroxylation sites is 1. The van der Waals surface area contributed by atoms with Crippen molar-refractivity contribution in [3.63, 3.8) is 0 Å². The van der Waals surface area contributed by atoms with Crippen molar-refractivity contribution in [2.24, 2.45) is 0 Å². The van der Waals surface area contributed by atoms with Gasteiger partial charge in [-0.25, -0.2) is 15.0 Å². The van der Waals surface area contributed by atoms with Crippen LogP contribution in [0.2, 0.25) is 0 Å². The molecule has 0 atom stereocenters. The molecule has 0 saturated carbocycles. The molecule has 0 fully saturated rings. The van der Waals surface area contributed by atoms with Crippen LogP contribution >= 0.6 is 0 Å². The molecule has 4 aromatic rings. The Morgan fingerprint density at radius 2 is 1.88 bits per heavy atom. The molecule has 0 radical (unpaired) electrons. The highest BCUT2D eigenvalue weighted by molar-refractivity contribution is 5.97. The topological polar surface area (TPSA) is 114 Å². The number of carbonyl (C=O) groups excluding carboxylic acids is 1. The molecule has 9 nitrogen and oxygen atoms in total. The van der Waals surface area contributed by atoms with Crippen molar-refractivity contribution in [1.82, 2.24) is 20.3 Å². The summed E-state index contributed by atoms with van der Waals surface area (Å²) in [6.07, 6.45) is 1.74. The lowest BCUT2D eigenvalue weighted by Gasteiger charge is -2.10. The minimum absolute atomic E-state index is 0.236. The van der Waals surface area contributed by atoms with Gasteiger partial charge in [-0.2, -0.15) is 0 Å². The Balaban J connectivity index is 1.33. The highest BCUT2D eigenvalue weighted by Crippen LogP contribution is 2.28. The van der Waals surface area contributed by atoms with Gasteiger partial charge in [0, 0.05) is 30.7 Å². The first-order chi connectivity index (χ1) is 15.5. The minimum atomic E-state index is -0.295. The van der Waals surface area contributed by atoms with Gasteiger partial charge in [0.1, 0.15) is 23.3 Å². The Labute approximate surface area is 185 Å². The van der Waals surface area contributed by atoms with Gasteiger partial charge in [0.15, 0.2) is 17.1 Å². The van der Waals surface area contributed by atoms with E-state index in [0.29, 0.717) is 47.7 Å². The molecule has 0 spiro atoms. The van der Waals surface area contributed by atoms with E-state index in [9.17, 15) is 4.79 Å². The lowest BCUT2D eigenvalue weighted by atomic mass is 10.2. The number of anilines is 3. The predicted molar refractivity (Wildman–Crippen MR) is 123 cm³/mol. The van der Waals surface area contributed by atoms with Crippen molar-refractivity contribution in [3.05, 3.63) is 65.8 Å². The summed E-state index contributed by atoms with van der Waals surface area (Å²) in [7, 11) is 1.57. The van der Waals surface area contributed by atoms with Gasteiger partial charge in [0.2, 0.25) is 0 Å². The fourth-order valence-electron chi connectivity index (χ4n) is 3.22. The van der Waals surface area contributed by atoms with E-state index in [-0.39, 0.29) is 11.7 Å². The first-order valence-electron chi connectivity index (χ1n) is 10.2. The van der Waals surface area contributed by atoms with E-state index < -0.39 is 0 Å². The molecule has 3 heterocycles. The maximum atomic E-state index is 12.4. The van der Waals surface area contributed by atoms with Crippen LogP contribution in [0.1, 0.15) is 21.9 Å². The molecule has 3 aromatic heterocycles. The molecule has 1 aromatic carbocycles. The number of hydrogen-bond donors (Lipinski definition) is 3. The van der Waals surface area contributed by atoms with Gasteiger partial charge >= 0.3 is 0 Å². The van der Waals surface area contributed by atoms with Crippen LogP contribution in [0.25, 0.3) is 11.0 Å². The molecule has 0 saturated heterocycles. The van der Waals surface area contributed by atoms with Crippen LogP contribution in [-0.4, -0.2) is 41.1 Å². The Morgan fingerprint density at radius 3 is 2.69 bits per heavy atom. The predicted octanol–water partition coefficient (Wildman–Crippen LogP) is 3.83. The number of pyridine rings is 1. The second-order valence-electron chi connectivity index (χ2n) is 7.20. The van der Waals surface area contributed by atoms with Crippen molar-refractivity contribution in [2.75, 3.05) is 30.8 Å². The van der Waals surface area contributed by atoms with Crippen LogP contribution in [0, 0.1) is 13.8 Å². The number of amides is 1. The van der Waals surface area contributed by atoms with Crippen molar-refractivity contribution >= 4 is 34.3 Å². The van der Waals surface area contributed by atoms with Gasteiger partial charge in [-0.05, 0) is 43.7 Å². The fraction of sp³-hybridized carbons (Fsp3) is 0.217. The third-order valence-electron chi connectivity index (χ3n) is 4.68. The molecular formula is C23H24N6O3. The quantitative estimate of drug-likeness (QED) is 0.360. The average Bonchev–Trinajstić information content (AvgIpc) is 3.21. The van der Waals surface area contributed by atoms with Gasteiger partial charge in [-0.3, -0.25) is 4.79 Å². The smallest absolute Gasteiger partial charge is 0.287 e. The maximum Gasteiger partial charge on any atom is 0.287 e. The van der Waals surface area contributed by atoms with Crippen LogP contribution in [0.5, 0.6) is 5.75 Å². The molecule has 3 N–H and O–H groups in total. The number of methoxy groups -OCH3 is 1. The number of nitrogens with one attached hydrogen (secondary N) is 3. The number of aromatic nitrogens is 3. The van der Waals surface area contributed by atoms with Gasteiger partial charge in [-0.15, -0.1) is 0 Å². The molecule has 0 aliphatic rings. The summed E-state index contributed by atoms with van der Waals surface area (Å²) in [5.41, 5.74) is 1.66. The van der Waals surface area contributed by atoms with Crippen LogP contribution in [-0.2, 0) is 0 Å². The summed E-state index contributed by atoms with van der Waals surface area (Å²) in [5.74, 6) is 3.15. The van der Waals surface area contributed by atoms with E-state index in [2.05, 4.69) is 30.9 Å². The summed E-state index contributed by atoms with van der Waals surface area (Å²) < 4.78 is 10.9. The Morgan fingerprint density at radius 1 is 1.03 bits per heavy atom. The first-order valence-corrected chi connectivity index (χ1v) is 10.2. The molecule has 4 rings (SSSR count). The fourth-order valence-corrected chi connectivity index (χ4v) is 3.22. The molecular weight excluding hydrogens is 408 g/mol. The Bertz CT molecular complexity index is 1250. The number of nitrogens with zero attached hydrogens (tertiary/aromatic N) is 3. The first kappa shape index (κ1) is 21.1. The van der Waals surface area contributed by atoms with Gasteiger partial charge in [0.25, 0.3) is 5.91 Å². The lowest BCUT2D eigenvalue weighted by molar-refractivity contribution is 0.0929. The second kappa shape index (κ2) is 9.34. The monoisotopic (exact) mass is 432 g/mol. The SMILES string of the molecule is COc1cccc2cc(C(=O)NCCNc3cc(Nc4cc(C)ccn4)nc(C)n3)oc12. The van der Waals surface area contributed by atoms with Crippen molar-refractivity contribution in [2.45, 2.75) is 13.8 Å². The van der Waals surface area contributed by atoms with Crippen LogP contribution in [0.4, 0.5) is 17.5 Å². The third kappa shape index (κ3) is 4.94. The molecule has 0 unspecified atom stereocenters. The zero-order valence-corrected chi connectivity index (χ0v) is 18.1. The zero-order chi connectivity index (χ0) is 22.5. The van der Waals surface area contributed by atoms with Crippen LogP contribution < -0.4 is 20.7 Å². The van der Waals surface area contributed by atoms with Crippen LogP contribution in [0.15, 0.2) is 53.1 Å². The highest BCUT2D eigenvalue weighted by atomic mass is 16.5. The Hall–Kier alpha value is -4.14. The number of rotatable bonds is 8. The minimum Gasteiger partial charge on any atom is -0.493 e. The third-order valence-corrected chi connectivity index (χ3v) is 4.68. The van der Waals surface area contributed by atoms with Gasteiger partial charge in [0.05, 0.1) is 7.11 Å². The van der Waals surface area contributed by atoms with E-state index in [4.69, 9.17) is 9.15 Å². The van der Waals surface area contributed by atoms with E-state index in [1.807, 2.05) is 38.1 Å². The van der Waals surface area contributed by atoms with E-state index in [0.717, 1.165) is 10.9 Å².